The highest BCUT2D eigenvalue weighted by Crippen LogP contribution is 2.31. The van der Waals surface area contributed by atoms with Gasteiger partial charge in [0.25, 0.3) is 0 Å². The van der Waals surface area contributed by atoms with Crippen LogP contribution >= 0.6 is 0 Å². The van der Waals surface area contributed by atoms with Crippen molar-refractivity contribution in [2.45, 2.75) is 25.3 Å². The molecule has 0 unspecified atom stereocenters. The van der Waals surface area contributed by atoms with Crippen LogP contribution in [0.3, 0.4) is 0 Å². The van der Waals surface area contributed by atoms with Crippen molar-refractivity contribution in [1.29, 1.82) is 0 Å². The molecule has 0 saturated carbocycles. The Morgan fingerprint density at radius 2 is 2.00 bits per heavy atom. The lowest BCUT2D eigenvalue weighted by molar-refractivity contribution is 0.259. The van der Waals surface area contributed by atoms with E-state index in [1.807, 2.05) is 30.5 Å². The van der Waals surface area contributed by atoms with Gasteiger partial charge in [-0.1, -0.05) is 18.2 Å². The summed E-state index contributed by atoms with van der Waals surface area (Å²) in [5.41, 5.74) is 2.36. The first-order valence-corrected chi connectivity index (χ1v) is 7.22. The molecule has 1 fully saturated rings. The molecular formula is C17H19FN2. The zero-order valence-electron chi connectivity index (χ0n) is 11.5. The van der Waals surface area contributed by atoms with Crippen molar-refractivity contribution in [3.05, 3.63) is 65.7 Å². The van der Waals surface area contributed by atoms with E-state index in [0.717, 1.165) is 31.6 Å². The third-order valence-corrected chi connectivity index (χ3v) is 4.00. The van der Waals surface area contributed by atoms with E-state index in [4.69, 9.17) is 0 Å². The van der Waals surface area contributed by atoms with Gasteiger partial charge in [0.1, 0.15) is 5.82 Å². The molecule has 0 amide bonds. The Hall–Kier alpha value is -1.74. The van der Waals surface area contributed by atoms with Crippen LogP contribution < -0.4 is 0 Å². The van der Waals surface area contributed by atoms with Crippen LogP contribution in [0.1, 0.15) is 30.1 Å². The van der Waals surface area contributed by atoms with Crippen LogP contribution in [0.4, 0.5) is 4.39 Å². The van der Waals surface area contributed by atoms with Crippen molar-refractivity contribution < 1.29 is 4.39 Å². The first kappa shape index (κ1) is 13.3. The Morgan fingerprint density at radius 1 is 1.15 bits per heavy atom. The van der Waals surface area contributed by atoms with E-state index < -0.39 is 0 Å². The lowest BCUT2D eigenvalue weighted by Gasteiger charge is -2.24. The molecule has 0 aliphatic carbocycles. The van der Waals surface area contributed by atoms with Gasteiger partial charge >= 0.3 is 0 Å². The molecule has 0 radical (unpaired) electrons. The lowest BCUT2D eigenvalue weighted by atomic mass is 10.0. The number of halogens is 1. The molecule has 0 spiro atoms. The smallest absolute Gasteiger partial charge is 0.123 e. The molecule has 2 nitrogen and oxygen atoms in total. The normalized spacial score (nSPS) is 19.4. The third kappa shape index (κ3) is 3.05. The van der Waals surface area contributed by atoms with E-state index in [1.54, 1.807) is 12.1 Å². The summed E-state index contributed by atoms with van der Waals surface area (Å²) in [6, 6.07) is 13.4. The summed E-state index contributed by atoms with van der Waals surface area (Å²) < 4.78 is 13.0. The van der Waals surface area contributed by atoms with E-state index in [2.05, 4.69) is 16.0 Å². The van der Waals surface area contributed by atoms with Crippen molar-refractivity contribution in [3.63, 3.8) is 0 Å². The van der Waals surface area contributed by atoms with Gasteiger partial charge in [0.05, 0.1) is 0 Å². The maximum absolute atomic E-state index is 13.0. The fourth-order valence-electron chi connectivity index (χ4n) is 2.96. The van der Waals surface area contributed by atoms with Crippen molar-refractivity contribution in [1.82, 2.24) is 9.88 Å². The molecule has 1 saturated heterocycles. The molecule has 0 bridgehead atoms. The number of rotatable bonds is 4. The summed E-state index contributed by atoms with van der Waals surface area (Å²) in [7, 11) is 0. The summed E-state index contributed by atoms with van der Waals surface area (Å²) in [5, 5.41) is 0. The van der Waals surface area contributed by atoms with Crippen LogP contribution in [-0.2, 0) is 6.42 Å². The van der Waals surface area contributed by atoms with E-state index in [1.165, 1.54) is 12.0 Å². The SMILES string of the molecule is Fc1ccc([C@@H]2CCCN2CCc2ccccn2)cc1. The van der Waals surface area contributed by atoms with E-state index >= 15 is 0 Å². The molecule has 0 N–H and O–H groups in total. The van der Waals surface area contributed by atoms with Crippen LogP contribution in [0.25, 0.3) is 0 Å². The number of pyridine rings is 1. The molecule has 1 atom stereocenters. The van der Waals surface area contributed by atoms with Gasteiger partial charge in [0.15, 0.2) is 0 Å². The van der Waals surface area contributed by atoms with Gasteiger partial charge in [-0.05, 0) is 49.2 Å². The molecule has 20 heavy (non-hydrogen) atoms. The molecule has 1 aliphatic rings. The molecule has 2 aromatic rings. The van der Waals surface area contributed by atoms with Gasteiger partial charge in [0.2, 0.25) is 0 Å². The number of hydrogen-bond donors (Lipinski definition) is 0. The number of benzene rings is 1. The van der Waals surface area contributed by atoms with Crippen LogP contribution in [0.2, 0.25) is 0 Å². The van der Waals surface area contributed by atoms with Crippen LogP contribution in [0.15, 0.2) is 48.7 Å². The summed E-state index contributed by atoms with van der Waals surface area (Å²) >= 11 is 0. The molecule has 3 rings (SSSR count). The predicted octanol–water partition coefficient (Wildman–Crippen LogP) is 3.60. The van der Waals surface area contributed by atoms with Gasteiger partial charge < -0.3 is 0 Å². The molecule has 1 aliphatic heterocycles. The predicted molar refractivity (Wildman–Crippen MR) is 77.9 cm³/mol. The van der Waals surface area contributed by atoms with Gasteiger partial charge in [-0.15, -0.1) is 0 Å². The highest BCUT2D eigenvalue weighted by atomic mass is 19.1. The minimum Gasteiger partial charge on any atom is -0.296 e. The second kappa shape index (κ2) is 6.14. The second-order valence-corrected chi connectivity index (χ2v) is 5.32. The number of nitrogens with zero attached hydrogens (tertiary/aromatic N) is 2. The Labute approximate surface area is 119 Å². The van der Waals surface area contributed by atoms with Crippen molar-refractivity contribution in [2.75, 3.05) is 13.1 Å². The van der Waals surface area contributed by atoms with Gasteiger partial charge in [-0.2, -0.15) is 0 Å². The maximum atomic E-state index is 13.0. The fraction of sp³-hybridized carbons (Fsp3) is 0.353. The van der Waals surface area contributed by atoms with Crippen LogP contribution in [0, 0.1) is 5.82 Å². The van der Waals surface area contributed by atoms with Gasteiger partial charge in [-0.25, -0.2) is 4.39 Å². The zero-order chi connectivity index (χ0) is 13.8. The summed E-state index contributed by atoms with van der Waals surface area (Å²) in [5.74, 6) is -0.160. The number of hydrogen-bond acceptors (Lipinski definition) is 2. The number of likely N-dealkylation sites (tertiary alicyclic amines) is 1. The highest BCUT2D eigenvalue weighted by molar-refractivity contribution is 5.21. The fourth-order valence-corrected chi connectivity index (χ4v) is 2.96. The average Bonchev–Trinajstić information content (AvgIpc) is 2.95. The Bertz CT molecular complexity index is 539. The first-order valence-electron chi connectivity index (χ1n) is 7.22. The van der Waals surface area contributed by atoms with Crippen molar-refractivity contribution >= 4 is 0 Å². The lowest BCUT2D eigenvalue weighted by Crippen LogP contribution is -2.25. The standard InChI is InChI=1S/C17H19FN2/c18-15-8-6-14(7-9-15)17-5-3-12-20(17)13-10-16-4-1-2-11-19-16/h1-2,4,6-9,11,17H,3,5,10,12-13H2/t17-/m0/s1. The Kier molecular flexibility index (Phi) is 4.07. The first-order chi connectivity index (χ1) is 9.83. The zero-order valence-corrected chi connectivity index (χ0v) is 11.5. The molecule has 2 heterocycles. The quantitative estimate of drug-likeness (QED) is 0.844. The van der Waals surface area contributed by atoms with Crippen LogP contribution in [0.5, 0.6) is 0 Å². The summed E-state index contributed by atoms with van der Waals surface area (Å²) in [4.78, 5) is 6.86. The average molecular weight is 270 g/mol. The molecule has 1 aromatic carbocycles. The maximum Gasteiger partial charge on any atom is 0.123 e. The van der Waals surface area contributed by atoms with Crippen molar-refractivity contribution in [2.24, 2.45) is 0 Å². The van der Waals surface area contributed by atoms with Crippen LogP contribution in [-0.4, -0.2) is 23.0 Å². The molecule has 3 heteroatoms. The van der Waals surface area contributed by atoms with E-state index in [9.17, 15) is 4.39 Å². The van der Waals surface area contributed by atoms with Crippen molar-refractivity contribution in [3.8, 4) is 0 Å². The largest absolute Gasteiger partial charge is 0.296 e. The number of aromatic nitrogens is 1. The molecular weight excluding hydrogens is 251 g/mol. The minimum absolute atomic E-state index is 0.160. The third-order valence-electron chi connectivity index (χ3n) is 4.00. The summed E-state index contributed by atoms with van der Waals surface area (Å²) in [6.07, 6.45) is 5.19. The van der Waals surface area contributed by atoms with Gasteiger partial charge in [-0.3, -0.25) is 9.88 Å². The topological polar surface area (TPSA) is 16.1 Å². The second-order valence-electron chi connectivity index (χ2n) is 5.32. The van der Waals surface area contributed by atoms with Gasteiger partial charge in [0, 0.05) is 30.9 Å². The molecule has 104 valence electrons. The minimum atomic E-state index is -0.160. The molecule has 1 aromatic heterocycles. The highest BCUT2D eigenvalue weighted by Gasteiger charge is 2.25. The Morgan fingerprint density at radius 3 is 2.75 bits per heavy atom. The summed E-state index contributed by atoms with van der Waals surface area (Å²) in [6.45, 7) is 2.13. The Balaban J connectivity index is 1.65. The van der Waals surface area contributed by atoms with E-state index in [-0.39, 0.29) is 5.82 Å². The van der Waals surface area contributed by atoms with E-state index in [0.29, 0.717) is 6.04 Å². The monoisotopic (exact) mass is 270 g/mol.